The van der Waals surface area contributed by atoms with Crippen molar-refractivity contribution in [1.82, 2.24) is 0 Å². The van der Waals surface area contributed by atoms with Gasteiger partial charge in [-0.2, -0.15) is 0 Å². The molecule has 2 rings (SSSR count). The zero-order valence-corrected chi connectivity index (χ0v) is 14.7. The number of esters is 2. The van der Waals surface area contributed by atoms with Crippen LogP contribution in [-0.2, 0) is 19.1 Å². The summed E-state index contributed by atoms with van der Waals surface area (Å²) in [4.78, 5) is 23.8. The molecular formula is C19H21O4P. The summed E-state index contributed by atoms with van der Waals surface area (Å²) < 4.78 is 9.62. The third kappa shape index (κ3) is 4.90. The maximum absolute atomic E-state index is 12.1. The van der Waals surface area contributed by atoms with Crippen LogP contribution in [0.15, 0.2) is 60.7 Å². The molecule has 0 aromatic heterocycles. The standard InChI is InChI=1S/C19H21O4P/c1-22-18(20)13-15(19(21)23-2)14-24(16-9-5-3-6-10-16)17-11-7-4-8-12-17/h3-12,15H,13-14H2,1-2H3. The molecule has 0 amide bonds. The van der Waals surface area contributed by atoms with E-state index >= 15 is 0 Å². The van der Waals surface area contributed by atoms with E-state index in [-0.39, 0.29) is 12.4 Å². The molecule has 0 aliphatic carbocycles. The molecule has 0 spiro atoms. The zero-order chi connectivity index (χ0) is 17.4. The van der Waals surface area contributed by atoms with Crippen LogP contribution in [0, 0.1) is 5.92 Å². The van der Waals surface area contributed by atoms with Crippen molar-refractivity contribution in [1.29, 1.82) is 0 Å². The van der Waals surface area contributed by atoms with Gasteiger partial charge in [-0.05, 0) is 24.7 Å². The van der Waals surface area contributed by atoms with Crippen molar-refractivity contribution in [3.05, 3.63) is 60.7 Å². The van der Waals surface area contributed by atoms with Gasteiger partial charge in [0, 0.05) is 0 Å². The minimum atomic E-state index is -0.773. The highest BCUT2D eigenvalue weighted by molar-refractivity contribution is 7.73. The number of carbonyl (C=O) groups is 2. The molecule has 2 aromatic rings. The van der Waals surface area contributed by atoms with E-state index < -0.39 is 19.8 Å². The Morgan fingerprint density at radius 2 is 1.38 bits per heavy atom. The highest BCUT2D eigenvalue weighted by Gasteiger charge is 2.28. The van der Waals surface area contributed by atoms with Crippen molar-refractivity contribution in [2.24, 2.45) is 5.92 Å². The second-order valence-corrected chi connectivity index (χ2v) is 7.54. The lowest BCUT2D eigenvalue weighted by molar-refractivity contribution is -0.151. The van der Waals surface area contributed by atoms with E-state index in [0.717, 1.165) is 10.6 Å². The summed E-state index contributed by atoms with van der Waals surface area (Å²) in [5.74, 6) is -1.30. The fourth-order valence-corrected chi connectivity index (χ4v) is 4.97. The molecule has 1 unspecified atom stereocenters. The van der Waals surface area contributed by atoms with Crippen molar-refractivity contribution in [2.75, 3.05) is 20.4 Å². The lowest BCUT2D eigenvalue weighted by Gasteiger charge is -2.23. The predicted molar refractivity (Wildman–Crippen MR) is 96.1 cm³/mol. The van der Waals surface area contributed by atoms with E-state index in [9.17, 15) is 9.59 Å². The van der Waals surface area contributed by atoms with Crippen molar-refractivity contribution >= 4 is 30.5 Å². The summed E-state index contributed by atoms with van der Waals surface area (Å²) in [6, 6.07) is 20.1. The molecule has 0 saturated carbocycles. The van der Waals surface area contributed by atoms with E-state index in [1.54, 1.807) is 0 Å². The largest absolute Gasteiger partial charge is 0.469 e. The summed E-state index contributed by atoms with van der Waals surface area (Å²) in [7, 11) is 1.90. The Morgan fingerprint density at radius 3 is 1.79 bits per heavy atom. The van der Waals surface area contributed by atoms with Gasteiger partial charge >= 0.3 is 11.9 Å². The Hall–Kier alpha value is -2.19. The Kier molecular flexibility index (Phi) is 6.95. The summed E-state index contributed by atoms with van der Waals surface area (Å²) in [5.41, 5.74) is 0. The summed E-state index contributed by atoms with van der Waals surface area (Å²) in [6.07, 6.45) is 0.576. The average Bonchev–Trinajstić information content (AvgIpc) is 2.65. The van der Waals surface area contributed by atoms with Gasteiger partial charge < -0.3 is 9.47 Å². The van der Waals surface area contributed by atoms with E-state index in [1.807, 2.05) is 36.4 Å². The van der Waals surface area contributed by atoms with Crippen LogP contribution >= 0.6 is 7.92 Å². The Labute approximate surface area is 143 Å². The highest BCUT2D eigenvalue weighted by atomic mass is 31.1. The van der Waals surface area contributed by atoms with Crippen LogP contribution in [0.2, 0.25) is 0 Å². The van der Waals surface area contributed by atoms with E-state index in [2.05, 4.69) is 24.3 Å². The highest BCUT2D eigenvalue weighted by Crippen LogP contribution is 2.37. The first-order valence-electron chi connectivity index (χ1n) is 7.68. The molecule has 0 aliphatic rings. The van der Waals surface area contributed by atoms with Gasteiger partial charge in [0.2, 0.25) is 0 Å². The Balaban J connectivity index is 2.32. The molecule has 0 fully saturated rings. The maximum atomic E-state index is 12.1. The van der Waals surface area contributed by atoms with Gasteiger partial charge in [-0.25, -0.2) is 0 Å². The fourth-order valence-electron chi connectivity index (χ4n) is 2.47. The van der Waals surface area contributed by atoms with Crippen molar-refractivity contribution in [3.63, 3.8) is 0 Å². The van der Waals surface area contributed by atoms with Crippen LogP contribution in [0.4, 0.5) is 0 Å². The van der Waals surface area contributed by atoms with E-state index in [1.165, 1.54) is 14.2 Å². The minimum absolute atomic E-state index is 0.0294. The van der Waals surface area contributed by atoms with Gasteiger partial charge in [-0.1, -0.05) is 60.7 Å². The minimum Gasteiger partial charge on any atom is -0.469 e. The third-order valence-corrected chi connectivity index (χ3v) is 6.36. The lowest BCUT2D eigenvalue weighted by atomic mass is 10.1. The summed E-state index contributed by atoms with van der Waals surface area (Å²) in [6.45, 7) is 0. The van der Waals surface area contributed by atoms with E-state index in [0.29, 0.717) is 6.16 Å². The molecule has 126 valence electrons. The molecule has 24 heavy (non-hydrogen) atoms. The first-order chi connectivity index (χ1) is 11.7. The molecule has 1 atom stereocenters. The summed E-state index contributed by atoms with van der Waals surface area (Å²) >= 11 is 0. The second-order valence-electron chi connectivity index (χ2n) is 5.28. The quantitative estimate of drug-likeness (QED) is 0.572. The molecule has 0 bridgehead atoms. The smallest absolute Gasteiger partial charge is 0.309 e. The van der Waals surface area contributed by atoms with Crippen molar-refractivity contribution in [3.8, 4) is 0 Å². The van der Waals surface area contributed by atoms with Gasteiger partial charge in [0.25, 0.3) is 0 Å². The molecule has 0 radical (unpaired) electrons. The SMILES string of the molecule is COC(=O)CC(CP(c1ccccc1)c1ccccc1)C(=O)OC. The normalized spacial score (nSPS) is 11.8. The molecule has 0 saturated heterocycles. The first-order valence-corrected chi connectivity index (χ1v) is 9.20. The van der Waals surface area contributed by atoms with Crippen LogP contribution in [0.25, 0.3) is 0 Å². The van der Waals surface area contributed by atoms with Gasteiger partial charge in [0.1, 0.15) is 0 Å². The molecule has 4 nitrogen and oxygen atoms in total. The number of methoxy groups -OCH3 is 2. The fraction of sp³-hybridized carbons (Fsp3) is 0.263. The van der Waals surface area contributed by atoms with Crippen LogP contribution in [0.1, 0.15) is 6.42 Å². The van der Waals surface area contributed by atoms with E-state index in [4.69, 9.17) is 9.47 Å². The Bertz CT molecular complexity index is 618. The van der Waals surface area contributed by atoms with Crippen LogP contribution < -0.4 is 10.6 Å². The molecule has 5 heteroatoms. The first kappa shape index (κ1) is 18.2. The maximum Gasteiger partial charge on any atom is 0.309 e. The average molecular weight is 344 g/mol. The van der Waals surface area contributed by atoms with Crippen LogP contribution in [0.5, 0.6) is 0 Å². The second kappa shape index (κ2) is 9.19. The zero-order valence-electron chi connectivity index (χ0n) is 13.8. The number of ether oxygens (including phenoxy) is 2. The molecule has 0 heterocycles. The molecule has 0 aliphatic heterocycles. The van der Waals surface area contributed by atoms with Crippen molar-refractivity contribution < 1.29 is 19.1 Å². The van der Waals surface area contributed by atoms with Crippen LogP contribution in [0.3, 0.4) is 0 Å². The number of hydrogen-bond donors (Lipinski definition) is 0. The molecule has 2 aromatic carbocycles. The van der Waals surface area contributed by atoms with Crippen molar-refractivity contribution in [2.45, 2.75) is 6.42 Å². The van der Waals surface area contributed by atoms with Gasteiger partial charge in [-0.15, -0.1) is 0 Å². The molecular weight excluding hydrogens is 323 g/mol. The third-order valence-electron chi connectivity index (χ3n) is 3.71. The number of benzene rings is 2. The predicted octanol–water partition coefficient (Wildman–Crippen LogP) is 2.47. The number of rotatable bonds is 7. The van der Waals surface area contributed by atoms with Gasteiger partial charge in [-0.3, -0.25) is 9.59 Å². The molecule has 0 N–H and O–H groups in total. The monoisotopic (exact) mass is 344 g/mol. The number of hydrogen-bond acceptors (Lipinski definition) is 4. The summed E-state index contributed by atoms with van der Waals surface area (Å²) in [5, 5.41) is 2.33. The Morgan fingerprint density at radius 1 is 0.875 bits per heavy atom. The van der Waals surface area contributed by atoms with Crippen LogP contribution in [-0.4, -0.2) is 32.3 Å². The lowest BCUT2D eigenvalue weighted by Crippen LogP contribution is -2.27. The van der Waals surface area contributed by atoms with Gasteiger partial charge in [0.15, 0.2) is 0 Å². The van der Waals surface area contributed by atoms with Gasteiger partial charge in [0.05, 0.1) is 26.6 Å². The topological polar surface area (TPSA) is 52.6 Å². The number of carbonyl (C=O) groups excluding carboxylic acids is 2.